The molecule has 0 aliphatic heterocycles. The third kappa shape index (κ3) is 3.14. The Morgan fingerprint density at radius 3 is 2.53 bits per heavy atom. The predicted molar refractivity (Wildman–Crippen MR) is 58.9 cm³/mol. The zero-order valence-electron chi connectivity index (χ0n) is 8.70. The van der Waals surface area contributed by atoms with Crippen LogP contribution in [0.15, 0.2) is 11.2 Å². The molecule has 0 aliphatic carbocycles. The average molecular weight is 249 g/mol. The van der Waals surface area contributed by atoms with E-state index in [0.29, 0.717) is 18.0 Å². The van der Waals surface area contributed by atoms with Crippen molar-refractivity contribution < 1.29 is 8.42 Å². The van der Waals surface area contributed by atoms with E-state index in [0.717, 1.165) is 5.69 Å². The third-order valence-electron chi connectivity index (χ3n) is 2.04. The normalized spacial score (nSPS) is 11.7. The maximum atomic E-state index is 11.7. The Labute approximate surface area is 94.6 Å². The summed E-state index contributed by atoms with van der Waals surface area (Å²) >= 11 is 5.45. The molecule has 0 radical (unpaired) electrons. The fourth-order valence-electron chi connectivity index (χ4n) is 1.02. The Morgan fingerprint density at radius 2 is 2.00 bits per heavy atom. The first-order chi connectivity index (χ1) is 6.97. The molecule has 15 heavy (non-hydrogen) atoms. The van der Waals surface area contributed by atoms with Gasteiger partial charge in [0.2, 0.25) is 0 Å². The second kappa shape index (κ2) is 4.90. The second-order valence-electron chi connectivity index (χ2n) is 3.24. The van der Waals surface area contributed by atoms with Crippen molar-refractivity contribution in [3.05, 3.63) is 17.6 Å². The Hall–Kier alpha value is -0.680. The number of aryl methyl sites for hydroxylation is 2. The first-order valence-electron chi connectivity index (χ1n) is 4.56. The number of nitrogens with zero attached hydrogens (tertiary/aromatic N) is 2. The zero-order valence-corrected chi connectivity index (χ0v) is 10.3. The molecule has 0 saturated heterocycles. The molecular weight excluding hydrogens is 236 g/mol. The minimum absolute atomic E-state index is 0.0215. The van der Waals surface area contributed by atoms with Crippen LogP contribution in [-0.2, 0) is 9.84 Å². The number of hydrogen-bond donors (Lipinski definition) is 0. The lowest BCUT2D eigenvalue weighted by Gasteiger charge is -2.04. The van der Waals surface area contributed by atoms with E-state index >= 15 is 0 Å². The van der Waals surface area contributed by atoms with Crippen molar-refractivity contribution in [2.45, 2.75) is 25.3 Å². The number of halogens is 1. The molecule has 0 N–H and O–H groups in total. The monoisotopic (exact) mass is 248 g/mol. The number of alkyl halides is 1. The summed E-state index contributed by atoms with van der Waals surface area (Å²) in [6, 6.07) is 0. The van der Waals surface area contributed by atoms with Crippen molar-refractivity contribution in [2.75, 3.05) is 11.6 Å². The summed E-state index contributed by atoms with van der Waals surface area (Å²) in [5.74, 6) is 0.352. The van der Waals surface area contributed by atoms with E-state index in [1.165, 1.54) is 6.20 Å². The topological polar surface area (TPSA) is 59.9 Å². The first-order valence-corrected chi connectivity index (χ1v) is 6.75. The summed E-state index contributed by atoms with van der Waals surface area (Å²) in [4.78, 5) is 7.98. The van der Waals surface area contributed by atoms with Crippen LogP contribution in [0.4, 0.5) is 0 Å². The highest BCUT2D eigenvalue weighted by molar-refractivity contribution is 7.91. The fourth-order valence-corrected chi connectivity index (χ4v) is 2.53. The lowest BCUT2D eigenvalue weighted by molar-refractivity contribution is 0.589. The van der Waals surface area contributed by atoms with E-state index in [1.807, 2.05) is 0 Å². The Morgan fingerprint density at radius 1 is 1.33 bits per heavy atom. The SMILES string of the molecule is Cc1ncc(S(=O)(=O)CCCCl)nc1C. The predicted octanol–water partition coefficient (Wildman–Crippen LogP) is 1.50. The van der Waals surface area contributed by atoms with Crippen molar-refractivity contribution in [2.24, 2.45) is 0 Å². The molecule has 84 valence electrons. The van der Waals surface area contributed by atoms with Gasteiger partial charge in [-0.2, -0.15) is 0 Å². The van der Waals surface area contributed by atoms with Crippen LogP contribution in [0.25, 0.3) is 0 Å². The summed E-state index contributed by atoms with van der Waals surface area (Å²) in [5.41, 5.74) is 1.38. The van der Waals surface area contributed by atoms with Gasteiger partial charge in [0.25, 0.3) is 0 Å². The van der Waals surface area contributed by atoms with Crippen LogP contribution in [0.2, 0.25) is 0 Å². The van der Waals surface area contributed by atoms with Crippen LogP contribution < -0.4 is 0 Å². The second-order valence-corrected chi connectivity index (χ2v) is 5.67. The molecule has 1 aromatic rings. The van der Waals surface area contributed by atoms with Crippen LogP contribution in [0.5, 0.6) is 0 Å². The molecule has 0 amide bonds. The van der Waals surface area contributed by atoms with Crippen LogP contribution in [0.1, 0.15) is 17.8 Å². The van der Waals surface area contributed by atoms with Crippen molar-refractivity contribution in [3.8, 4) is 0 Å². The summed E-state index contributed by atoms with van der Waals surface area (Å²) in [6.07, 6.45) is 1.73. The minimum Gasteiger partial charge on any atom is -0.257 e. The van der Waals surface area contributed by atoms with Crippen LogP contribution in [0, 0.1) is 13.8 Å². The van der Waals surface area contributed by atoms with E-state index in [4.69, 9.17) is 11.6 Å². The molecule has 6 heteroatoms. The lowest BCUT2D eigenvalue weighted by Crippen LogP contribution is -2.11. The average Bonchev–Trinajstić information content (AvgIpc) is 2.19. The van der Waals surface area contributed by atoms with E-state index < -0.39 is 9.84 Å². The molecule has 0 bridgehead atoms. The smallest absolute Gasteiger partial charge is 0.197 e. The van der Waals surface area contributed by atoms with Gasteiger partial charge >= 0.3 is 0 Å². The first kappa shape index (κ1) is 12.4. The highest BCUT2D eigenvalue weighted by Gasteiger charge is 2.16. The zero-order chi connectivity index (χ0) is 11.5. The van der Waals surface area contributed by atoms with Crippen molar-refractivity contribution >= 4 is 21.4 Å². The molecule has 0 saturated carbocycles. The van der Waals surface area contributed by atoms with Crippen molar-refractivity contribution in [3.63, 3.8) is 0 Å². The van der Waals surface area contributed by atoms with E-state index in [-0.39, 0.29) is 10.8 Å². The van der Waals surface area contributed by atoms with Gasteiger partial charge in [0.15, 0.2) is 14.9 Å². The fraction of sp³-hybridized carbons (Fsp3) is 0.556. The van der Waals surface area contributed by atoms with Crippen LogP contribution in [0.3, 0.4) is 0 Å². The summed E-state index contributed by atoms with van der Waals surface area (Å²) in [7, 11) is -3.32. The van der Waals surface area contributed by atoms with Gasteiger partial charge in [0, 0.05) is 5.88 Å². The van der Waals surface area contributed by atoms with E-state index in [1.54, 1.807) is 13.8 Å². The molecule has 1 heterocycles. The number of rotatable bonds is 4. The van der Waals surface area contributed by atoms with Gasteiger partial charge in [-0.15, -0.1) is 11.6 Å². The van der Waals surface area contributed by atoms with Crippen molar-refractivity contribution in [1.29, 1.82) is 0 Å². The van der Waals surface area contributed by atoms with Gasteiger partial charge in [-0.25, -0.2) is 13.4 Å². The van der Waals surface area contributed by atoms with Gasteiger partial charge in [-0.05, 0) is 20.3 Å². The molecule has 0 spiro atoms. The maximum absolute atomic E-state index is 11.7. The summed E-state index contributed by atoms with van der Waals surface area (Å²) in [5, 5.41) is 0.0377. The van der Waals surface area contributed by atoms with Gasteiger partial charge in [0.1, 0.15) is 0 Å². The lowest BCUT2D eigenvalue weighted by atomic mass is 10.4. The molecule has 0 fully saturated rings. The molecule has 0 atom stereocenters. The summed E-state index contributed by atoms with van der Waals surface area (Å²) < 4.78 is 23.4. The largest absolute Gasteiger partial charge is 0.257 e. The Kier molecular flexibility index (Phi) is 4.04. The van der Waals surface area contributed by atoms with Gasteiger partial charge in [-0.1, -0.05) is 0 Å². The van der Waals surface area contributed by atoms with Gasteiger partial charge < -0.3 is 0 Å². The van der Waals surface area contributed by atoms with Crippen LogP contribution in [-0.4, -0.2) is 30.0 Å². The Bertz CT molecular complexity index is 445. The molecule has 1 rings (SSSR count). The molecule has 0 unspecified atom stereocenters. The maximum Gasteiger partial charge on any atom is 0.197 e. The highest BCUT2D eigenvalue weighted by Crippen LogP contribution is 2.10. The number of aromatic nitrogens is 2. The van der Waals surface area contributed by atoms with E-state index in [9.17, 15) is 8.42 Å². The quantitative estimate of drug-likeness (QED) is 0.758. The molecule has 0 aliphatic rings. The van der Waals surface area contributed by atoms with E-state index in [2.05, 4.69) is 9.97 Å². The van der Waals surface area contributed by atoms with Gasteiger partial charge in [-0.3, -0.25) is 4.98 Å². The van der Waals surface area contributed by atoms with Gasteiger partial charge in [0.05, 0.1) is 23.3 Å². The third-order valence-corrected chi connectivity index (χ3v) is 3.96. The molecular formula is C9H13ClN2O2S. The Balaban J connectivity index is 3.00. The number of sulfone groups is 1. The highest BCUT2D eigenvalue weighted by atomic mass is 35.5. The van der Waals surface area contributed by atoms with Crippen molar-refractivity contribution in [1.82, 2.24) is 9.97 Å². The minimum atomic E-state index is -3.32. The standard InChI is InChI=1S/C9H13ClN2O2S/c1-7-8(2)12-9(6-11-7)15(13,14)5-3-4-10/h6H,3-5H2,1-2H3. The summed E-state index contributed by atoms with van der Waals surface area (Å²) in [6.45, 7) is 3.53. The molecule has 0 aromatic carbocycles. The van der Waals surface area contributed by atoms with Crippen LogP contribution >= 0.6 is 11.6 Å². The molecule has 1 aromatic heterocycles. The number of hydrogen-bond acceptors (Lipinski definition) is 4. The molecule has 4 nitrogen and oxygen atoms in total.